The monoisotopic (exact) mass is 778 g/mol. The molecule has 328 valence electrons. The number of allylic oxidation sites excluding steroid dienone is 2. The van der Waals surface area contributed by atoms with Crippen LogP contribution in [0.1, 0.15) is 277 Å². The van der Waals surface area contributed by atoms with Crippen molar-refractivity contribution in [2.24, 2.45) is 0 Å². The lowest BCUT2D eigenvalue weighted by Crippen LogP contribution is -2.46. The van der Waals surface area contributed by atoms with E-state index in [1.165, 1.54) is 212 Å². The highest BCUT2D eigenvalue weighted by molar-refractivity contribution is 5.76. The Hall–Kier alpha value is -0.910. The van der Waals surface area contributed by atoms with Crippen LogP contribution in [0.3, 0.4) is 0 Å². The van der Waals surface area contributed by atoms with Crippen molar-refractivity contribution >= 4 is 5.91 Å². The molecule has 1 amide bonds. The number of nitrogens with one attached hydrogen (secondary N) is 1. The number of amides is 1. The highest BCUT2D eigenvalue weighted by Crippen LogP contribution is 2.17. The first-order valence-electron chi connectivity index (χ1n) is 25.0. The molecule has 0 aliphatic rings. The summed E-state index contributed by atoms with van der Waals surface area (Å²) < 4.78 is 0. The Morgan fingerprint density at radius 1 is 0.436 bits per heavy atom. The average molecular weight is 778 g/mol. The van der Waals surface area contributed by atoms with Crippen LogP contribution in [0.25, 0.3) is 0 Å². The largest absolute Gasteiger partial charge is 0.394 e. The fraction of sp³-hybridized carbons (Fsp3) is 0.940. The van der Waals surface area contributed by atoms with Gasteiger partial charge in [0, 0.05) is 0 Å². The maximum atomic E-state index is 12.5. The summed E-state index contributed by atoms with van der Waals surface area (Å²) in [6, 6.07) is -0.659. The molecular formula is C50H99NO4. The van der Waals surface area contributed by atoms with Gasteiger partial charge in [0.2, 0.25) is 5.91 Å². The lowest BCUT2D eigenvalue weighted by Gasteiger charge is -2.23. The second kappa shape index (κ2) is 45.8. The summed E-state index contributed by atoms with van der Waals surface area (Å²) in [4.78, 5) is 12.5. The minimum absolute atomic E-state index is 0.0340. The number of carbonyl (C=O) groups excluding carboxylic acids is 1. The van der Waals surface area contributed by atoms with Gasteiger partial charge in [-0.15, -0.1) is 0 Å². The number of aliphatic hydroxyl groups excluding tert-OH is 3. The molecule has 3 atom stereocenters. The van der Waals surface area contributed by atoms with Crippen LogP contribution >= 0.6 is 0 Å². The Bertz CT molecular complexity index is 773. The molecule has 4 N–H and O–H groups in total. The minimum atomic E-state index is -0.749. The Morgan fingerprint density at radius 2 is 0.727 bits per heavy atom. The summed E-state index contributed by atoms with van der Waals surface area (Å²) in [6.45, 7) is 4.28. The second-order valence-electron chi connectivity index (χ2n) is 17.4. The fourth-order valence-corrected chi connectivity index (χ4v) is 7.99. The molecule has 0 aromatic heterocycles. The van der Waals surface area contributed by atoms with Crippen molar-refractivity contribution in [2.45, 2.75) is 295 Å². The van der Waals surface area contributed by atoms with Gasteiger partial charge in [0.25, 0.3) is 0 Å². The van der Waals surface area contributed by atoms with Crippen LogP contribution in [0.5, 0.6) is 0 Å². The van der Waals surface area contributed by atoms with E-state index in [-0.39, 0.29) is 18.9 Å². The third kappa shape index (κ3) is 42.5. The molecule has 55 heavy (non-hydrogen) atoms. The van der Waals surface area contributed by atoms with Crippen molar-refractivity contribution < 1.29 is 20.1 Å². The van der Waals surface area contributed by atoms with Gasteiger partial charge in [-0.25, -0.2) is 0 Å². The van der Waals surface area contributed by atoms with E-state index < -0.39 is 18.2 Å². The van der Waals surface area contributed by atoms with E-state index >= 15 is 0 Å². The van der Waals surface area contributed by atoms with Crippen LogP contribution in [-0.4, -0.2) is 46.1 Å². The van der Waals surface area contributed by atoms with Gasteiger partial charge in [0.15, 0.2) is 0 Å². The van der Waals surface area contributed by atoms with Gasteiger partial charge in [0.05, 0.1) is 31.3 Å². The van der Waals surface area contributed by atoms with Gasteiger partial charge in [0.1, 0.15) is 0 Å². The molecule has 0 aliphatic carbocycles. The lowest BCUT2D eigenvalue weighted by atomic mass is 10.0. The highest BCUT2D eigenvalue weighted by Gasteiger charge is 2.21. The van der Waals surface area contributed by atoms with Crippen LogP contribution < -0.4 is 5.32 Å². The molecule has 0 heterocycles. The van der Waals surface area contributed by atoms with E-state index in [2.05, 4.69) is 31.3 Å². The average Bonchev–Trinajstić information content (AvgIpc) is 3.18. The van der Waals surface area contributed by atoms with Crippen molar-refractivity contribution in [3.63, 3.8) is 0 Å². The summed E-state index contributed by atoms with van der Waals surface area (Å²) >= 11 is 0. The zero-order valence-electron chi connectivity index (χ0n) is 37.3. The SMILES string of the molecule is CCCCCCCCCC/C=C\CCCCCCCC(O)CC(=O)NC(CO)C(O)CCCCCCCCCCCCCCCCCCCCCCCCC. The van der Waals surface area contributed by atoms with Gasteiger partial charge in [-0.2, -0.15) is 0 Å². The van der Waals surface area contributed by atoms with Crippen LogP contribution in [-0.2, 0) is 4.79 Å². The van der Waals surface area contributed by atoms with Gasteiger partial charge < -0.3 is 20.6 Å². The smallest absolute Gasteiger partial charge is 0.222 e. The van der Waals surface area contributed by atoms with E-state index in [0.717, 1.165) is 32.1 Å². The maximum absolute atomic E-state index is 12.5. The molecule has 5 heteroatoms. The predicted octanol–water partition coefficient (Wildman–Crippen LogP) is 14.8. The van der Waals surface area contributed by atoms with Gasteiger partial charge in [-0.3, -0.25) is 4.79 Å². The van der Waals surface area contributed by atoms with Crippen LogP contribution in [0.4, 0.5) is 0 Å². The first-order chi connectivity index (χ1) is 27.0. The first kappa shape index (κ1) is 54.1. The van der Waals surface area contributed by atoms with Gasteiger partial charge in [-0.05, 0) is 38.5 Å². The van der Waals surface area contributed by atoms with E-state index in [9.17, 15) is 20.1 Å². The van der Waals surface area contributed by atoms with E-state index in [1.54, 1.807) is 0 Å². The molecule has 0 radical (unpaired) electrons. The van der Waals surface area contributed by atoms with E-state index in [1.807, 2.05) is 0 Å². The summed E-state index contributed by atoms with van der Waals surface area (Å²) in [5.74, 6) is -0.284. The molecule has 3 unspecified atom stereocenters. The third-order valence-electron chi connectivity index (χ3n) is 11.8. The summed E-state index contributed by atoms with van der Waals surface area (Å²) in [6.07, 6.45) is 54.8. The molecule has 0 aromatic rings. The molecule has 0 fully saturated rings. The zero-order chi connectivity index (χ0) is 40.1. The molecule has 0 spiro atoms. The quantitative estimate of drug-likeness (QED) is 0.0366. The Labute approximate surface area is 344 Å². The zero-order valence-corrected chi connectivity index (χ0v) is 37.3. The maximum Gasteiger partial charge on any atom is 0.222 e. The Kier molecular flexibility index (Phi) is 45.0. The summed E-state index contributed by atoms with van der Waals surface area (Å²) in [5, 5.41) is 33.5. The molecule has 5 nitrogen and oxygen atoms in total. The first-order valence-corrected chi connectivity index (χ1v) is 25.0. The van der Waals surface area contributed by atoms with Crippen molar-refractivity contribution in [3.05, 3.63) is 12.2 Å². The van der Waals surface area contributed by atoms with Crippen LogP contribution in [0.15, 0.2) is 12.2 Å². The highest BCUT2D eigenvalue weighted by atomic mass is 16.3. The van der Waals surface area contributed by atoms with Crippen molar-refractivity contribution in [2.75, 3.05) is 6.61 Å². The second-order valence-corrected chi connectivity index (χ2v) is 17.4. The summed E-state index contributed by atoms with van der Waals surface area (Å²) in [5.41, 5.74) is 0. The Morgan fingerprint density at radius 3 is 1.05 bits per heavy atom. The molecular weight excluding hydrogens is 679 g/mol. The van der Waals surface area contributed by atoms with E-state index in [0.29, 0.717) is 12.8 Å². The number of rotatable bonds is 46. The third-order valence-corrected chi connectivity index (χ3v) is 11.8. The van der Waals surface area contributed by atoms with Crippen molar-refractivity contribution in [3.8, 4) is 0 Å². The standard InChI is InChI=1S/C50H99NO4/c1-3-5-7-9-11-13-15-17-19-21-22-23-24-25-26-28-30-32-34-36-38-40-42-44-49(54)48(46-52)51-50(55)45-47(53)43-41-39-37-35-33-31-29-27-20-18-16-14-12-10-8-6-4-2/h27,29,47-49,52-54H,3-26,28,30-46H2,1-2H3,(H,51,55)/b29-27-. The normalized spacial score (nSPS) is 13.5. The molecule has 0 rings (SSSR count). The number of hydrogen-bond donors (Lipinski definition) is 4. The topological polar surface area (TPSA) is 89.8 Å². The molecule has 0 saturated heterocycles. The van der Waals surface area contributed by atoms with Gasteiger partial charge in [-0.1, -0.05) is 244 Å². The van der Waals surface area contributed by atoms with Gasteiger partial charge >= 0.3 is 0 Å². The van der Waals surface area contributed by atoms with Crippen LogP contribution in [0.2, 0.25) is 0 Å². The molecule has 0 aliphatic heterocycles. The Balaban J connectivity index is 3.56. The summed E-state index contributed by atoms with van der Waals surface area (Å²) in [7, 11) is 0. The van der Waals surface area contributed by atoms with Crippen molar-refractivity contribution in [1.82, 2.24) is 5.32 Å². The number of unbranched alkanes of at least 4 members (excludes halogenated alkanes) is 35. The molecule has 0 bridgehead atoms. The predicted molar refractivity (Wildman–Crippen MR) is 241 cm³/mol. The molecule has 0 aromatic carbocycles. The van der Waals surface area contributed by atoms with Crippen molar-refractivity contribution in [1.29, 1.82) is 0 Å². The fourth-order valence-electron chi connectivity index (χ4n) is 7.99. The number of carbonyl (C=O) groups is 1. The van der Waals surface area contributed by atoms with Crippen LogP contribution in [0, 0.1) is 0 Å². The van der Waals surface area contributed by atoms with E-state index in [4.69, 9.17) is 0 Å². The minimum Gasteiger partial charge on any atom is -0.394 e. The number of aliphatic hydroxyl groups is 3. The number of hydrogen-bond acceptors (Lipinski definition) is 4. The molecule has 0 saturated carbocycles. The lowest BCUT2D eigenvalue weighted by molar-refractivity contribution is -0.125.